The molecule has 2 aliphatic rings. The average molecular weight is 332 g/mol. The van der Waals surface area contributed by atoms with Crippen molar-refractivity contribution in [2.24, 2.45) is 11.5 Å². The van der Waals surface area contributed by atoms with Gasteiger partial charge in [0.2, 0.25) is 0 Å². The zero-order valence-electron chi connectivity index (χ0n) is 14.3. The lowest BCUT2D eigenvalue weighted by molar-refractivity contribution is -0.250. The molecule has 2 rings (SSSR count). The summed E-state index contributed by atoms with van der Waals surface area (Å²) >= 11 is 0. The van der Waals surface area contributed by atoms with Crippen LogP contribution in [-0.2, 0) is 14.2 Å². The van der Waals surface area contributed by atoms with E-state index in [1.165, 1.54) is 0 Å². The zero-order valence-corrected chi connectivity index (χ0v) is 14.3. The van der Waals surface area contributed by atoms with Crippen LogP contribution in [-0.4, -0.2) is 81.7 Å². The Bertz CT molecular complexity index is 362. The summed E-state index contributed by atoms with van der Waals surface area (Å²) in [6.07, 6.45) is 0.362. The fraction of sp³-hybridized carbons (Fsp3) is 1.00. The second-order valence-corrected chi connectivity index (χ2v) is 6.50. The minimum Gasteiger partial charge on any atom is -0.389 e. The maximum absolute atomic E-state index is 10.6. The molecule has 8 nitrogen and oxygen atoms in total. The molecule has 0 spiro atoms. The van der Waals surface area contributed by atoms with Gasteiger partial charge >= 0.3 is 0 Å². The quantitative estimate of drug-likeness (QED) is 0.383. The Morgan fingerprint density at radius 3 is 2.57 bits per heavy atom. The number of nitrogens with two attached hydrogens (primary N) is 2. The fourth-order valence-electron chi connectivity index (χ4n) is 3.55. The molecule has 8 atom stereocenters. The summed E-state index contributed by atoms with van der Waals surface area (Å²) in [5, 5.41) is 16.8. The van der Waals surface area contributed by atoms with Crippen molar-refractivity contribution in [3.63, 3.8) is 0 Å². The van der Waals surface area contributed by atoms with E-state index in [1.54, 1.807) is 14.2 Å². The molecule has 0 aromatic heterocycles. The van der Waals surface area contributed by atoms with Crippen molar-refractivity contribution >= 4 is 0 Å². The Kier molecular flexibility index (Phi) is 7.18. The van der Waals surface area contributed by atoms with Gasteiger partial charge in [-0.3, -0.25) is 0 Å². The molecular formula is C15H32N4O4. The van der Waals surface area contributed by atoms with Crippen molar-refractivity contribution in [2.75, 3.05) is 27.7 Å². The molecule has 8 heteroatoms. The Balaban J connectivity index is 2.02. The van der Waals surface area contributed by atoms with E-state index in [0.717, 1.165) is 19.4 Å². The standard InChI is InChI=1S/C15H32N4O4/c1-18-7-8-4-5-9(16)15(22-8)23-14-10(17)6-11(21-3)12(19-2)13(14)20/h8-15,18-20H,4-7,16-17H2,1-3H3/t8-,9+,10+,11-,12+,13+,14+,15+/m0/s1. The molecule has 0 radical (unpaired) electrons. The van der Waals surface area contributed by atoms with Gasteiger partial charge in [0.15, 0.2) is 6.29 Å². The Morgan fingerprint density at radius 1 is 1.22 bits per heavy atom. The highest BCUT2D eigenvalue weighted by molar-refractivity contribution is 5.00. The first kappa shape index (κ1) is 19.0. The predicted octanol–water partition coefficient (Wildman–Crippen LogP) is -1.88. The molecule has 1 aliphatic carbocycles. The van der Waals surface area contributed by atoms with Crippen LogP contribution in [0.2, 0.25) is 0 Å². The van der Waals surface area contributed by atoms with E-state index in [-0.39, 0.29) is 30.3 Å². The normalized spacial score (nSPS) is 45.1. The van der Waals surface area contributed by atoms with Crippen LogP contribution in [0.25, 0.3) is 0 Å². The van der Waals surface area contributed by atoms with Crippen LogP contribution in [0.5, 0.6) is 0 Å². The number of rotatable bonds is 6. The molecule has 1 heterocycles. The van der Waals surface area contributed by atoms with E-state index in [2.05, 4.69) is 10.6 Å². The van der Waals surface area contributed by atoms with Crippen LogP contribution in [0.15, 0.2) is 0 Å². The first-order chi connectivity index (χ1) is 11.0. The molecule has 136 valence electrons. The van der Waals surface area contributed by atoms with Gasteiger partial charge in [-0.2, -0.15) is 0 Å². The maximum Gasteiger partial charge on any atom is 0.173 e. The van der Waals surface area contributed by atoms with Crippen molar-refractivity contribution in [1.82, 2.24) is 10.6 Å². The van der Waals surface area contributed by atoms with Gasteiger partial charge in [0, 0.05) is 19.7 Å². The molecule has 0 amide bonds. The first-order valence-corrected chi connectivity index (χ1v) is 8.36. The van der Waals surface area contributed by atoms with Gasteiger partial charge < -0.3 is 41.4 Å². The minimum absolute atomic E-state index is 0.0635. The topological polar surface area (TPSA) is 124 Å². The van der Waals surface area contributed by atoms with Gasteiger partial charge in [0.05, 0.1) is 30.4 Å². The molecule has 0 aromatic carbocycles. The molecule has 7 N–H and O–H groups in total. The second kappa shape index (κ2) is 8.68. The highest BCUT2D eigenvalue weighted by atomic mass is 16.7. The molecule has 1 saturated carbocycles. The number of hydrogen-bond acceptors (Lipinski definition) is 8. The number of methoxy groups -OCH3 is 1. The third-order valence-corrected chi connectivity index (χ3v) is 4.89. The average Bonchev–Trinajstić information content (AvgIpc) is 2.53. The van der Waals surface area contributed by atoms with Crippen LogP contribution < -0.4 is 22.1 Å². The predicted molar refractivity (Wildman–Crippen MR) is 86.9 cm³/mol. The number of likely N-dealkylation sites (N-methyl/N-ethyl adjacent to an activating group) is 2. The van der Waals surface area contributed by atoms with E-state index >= 15 is 0 Å². The van der Waals surface area contributed by atoms with E-state index in [0.29, 0.717) is 6.42 Å². The molecule has 0 aromatic rings. The zero-order chi connectivity index (χ0) is 17.0. The lowest BCUT2D eigenvalue weighted by Crippen LogP contribution is -2.65. The summed E-state index contributed by atoms with van der Waals surface area (Å²) in [4.78, 5) is 0. The van der Waals surface area contributed by atoms with Gasteiger partial charge in [-0.15, -0.1) is 0 Å². The summed E-state index contributed by atoms with van der Waals surface area (Å²) in [6, 6.07) is -0.784. The number of ether oxygens (including phenoxy) is 3. The van der Waals surface area contributed by atoms with Crippen molar-refractivity contribution in [3.05, 3.63) is 0 Å². The van der Waals surface area contributed by atoms with Crippen molar-refractivity contribution in [3.8, 4) is 0 Å². The molecule has 1 saturated heterocycles. The van der Waals surface area contributed by atoms with Crippen molar-refractivity contribution in [1.29, 1.82) is 0 Å². The molecule has 23 heavy (non-hydrogen) atoms. The van der Waals surface area contributed by atoms with Crippen molar-refractivity contribution in [2.45, 2.75) is 68.1 Å². The minimum atomic E-state index is -0.783. The van der Waals surface area contributed by atoms with Crippen LogP contribution in [0.3, 0.4) is 0 Å². The largest absolute Gasteiger partial charge is 0.389 e. The summed E-state index contributed by atoms with van der Waals surface area (Å²) in [5.41, 5.74) is 12.3. The summed E-state index contributed by atoms with van der Waals surface area (Å²) in [7, 11) is 5.30. The first-order valence-electron chi connectivity index (χ1n) is 8.36. The summed E-state index contributed by atoms with van der Waals surface area (Å²) in [5.74, 6) is 0. The highest BCUT2D eigenvalue weighted by Crippen LogP contribution is 2.27. The molecular weight excluding hydrogens is 300 g/mol. The van der Waals surface area contributed by atoms with Gasteiger partial charge in [0.1, 0.15) is 6.10 Å². The SMILES string of the molecule is CNC[C@@H]1CC[C@@H](N)[C@@H](O[C@H]2[C@H](O)[C@H](NC)[C@@H](OC)C[C@H]2N)O1. The molecule has 2 fully saturated rings. The van der Waals surface area contributed by atoms with Gasteiger partial charge in [-0.05, 0) is 33.4 Å². The van der Waals surface area contributed by atoms with Gasteiger partial charge in [-0.1, -0.05) is 0 Å². The van der Waals surface area contributed by atoms with Crippen LogP contribution >= 0.6 is 0 Å². The van der Waals surface area contributed by atoms with Crippen LogP contribution in [0.4, 0.5) is 0 Å². The lowest BCUT2D eigenvalue weighted by Gasteiger charge is -2.45. The van der Waals surface area contributed by atoms with Crippen molar-refractivity contribution < 1.29 is 19.3 Å². The Hall–Kier alpha value is -0.320. The van der Waals surface area contributed by atoms with E-state index in [1.807, 2.05) is 7.05 Å². The van der Waals surface area contributed by atoms with Gasteiger partial charge in [0.25, 0.3) is 0 Å². The third-order valence-electron chi connectivity index (χ3n) is 4.89. The van der Waals surface area contributed by atoms with E-state index in [9.17, 15) is 5.11 Å². The van der Waals surface area contributed by atoms with Crippen LogP contribution in [0.1, 0.15) is 19.3 Å². The summed E-state index contributed by atoms with van der Waals surface area (Å²) in [6.45, 7) is 0.747. The van der Waals surface area contributed by atoms with E-state index < -0.39 is 18.5 Å². The summed E-state index contributed by atoms with van der Waals surface area (Å²) < 4.78 is 17.4. The smallest absolute Gasteiger partial charge is 0.173 e. The Morgan fingerprint density at radius 2 is 1.96 bits per heavy atom. The molecule has 1 aliphatic heterocycles. The number of hydrogen-bond donors (Lipinski definition) is 5. The monoisotopic (exact) mass is 332 g/mol. The number of nitrogens with one attached hydrogen (secondary N) is 2. The van der Waals surface area contributed by atoms with Crippen LogP contribution in [0, 0.1) is 0 Å². The Labute approximate surface area is 138 Å². The highest BCUT2D eigenvalue weighted by Gasteiger charge is 2.45. The number of aliphatic hydroxyl groups is 1. The van der Waals surface area contributed by atoms with Gasteiger partial charge in [-0.25, -0.2) is 0 Å². The lowest BCUT2D eigenvalue weighted by atomic mass is 9.84. The fourth-order valence-corrected chi connectivity index (χ4v) is 3.55. The third kappa shape index (κ3) is 4.40. The van der Waals surface area contributed by atoms with E-state index in [4.69, 9.17) is 25.7 Å². The maximum atomic E-state index is 10.6. The second-order valence-electron chi connectivity index (χ2n) is 6.50. The molecule has 0 unspecified atom stereocenters. The number of aliphatic hydroxyl groups excluding tert-OH is 1. The molecule has 0 bridgehead atoms.